The van der Waals surface area contributed by atoms with E-state index in [9.17, 15) is 0 Å². The normalized spacial score (nSPS) is 14.1. The predicted octanol–water partition coefficient (Wildman–Crippen LogP) is 3.70. The number of anilines is 1. The van der Waals surface area contributed by atoms with E-state index in [2.05, 4.69) is 42.5 Å². The van der Waals surface area contributed by atoms with Gasteiger partial charge in [0.25, 0.3) is 0 Å². The van der Waals surface area contributed by atoms with E-state index in [1.54, 1.807) is 0 Å². The number of aromatic nitrogens is 2. The third-order valence-electron chi connectivity index (χ3n) is 3.47. The van der Waals surface area contributed by atoms with Crippen molar-refractivity contribution in [1.82, 2.24) is 9.78 Å². The molecule has 0 spiro atoms. The first-order valence-electron chi connectivity index (χ1n) is 6.74. The number of aryl methyl sites for hydroxylation is 1. The Labute approximate surface area is 110 Å². The average molecular weight is 250 g/mol. The number of hydrogen-bond acceptors (Lipinski definition) is 3. The molecule has 1 rings (SSSR count). The van der Waals surface area contributed by atoms with Gasteiger partial charge in [-0.1, -0.05) is 27.2 Å². The van der Waals surface area contributed by atoms with E-state index in [1.165, 1.54) is 18.5 Å². The first-order chi connectivity index (χ1) is 8.42. The van der Waals surface area contributed by atoms with Gasteiger partial charge in [-0.15, -0.1) is 0 Å². The van der Waals surface area contributed by atoms with Crippen molar-refractivity contribution < 1.29 is 0 Å². The summed E-state index contributed by atoms with van der Waals surface area (Å²) in [6.07, 6.45) is 3.49. The van der Waals surface area contributed by atoms with Crippen molar-refractivity contribution in [3.63, 3.8) is 0 Å². The molecule has 102 valence electrons. The Bertz CT molecular complexity index is 415. The average Bonchev–Trinajstić information content (AvgIpc) is 2.69. The molecular weight excluding hydrogens is 224 g/mol. The zero-order valence-electron chi connectivity index (χ0n) is 12.5. The monoisotopic (exact) mass is 250 g/mol. The summed E-state index contributed by atoms with van der Waals surface area (Å²) in [5.41, 5.74) is 5.47. The Kier molecular flexibility index (Phi) is 4.93. The van der Waals surface area contributed by atoms with Crippen LogP contribution in [0.5, 0.6) is 0 Å². The number of nitrogens with zero attached hydrogens (tertiary/aromatic N) is 3. The van der Waals surface area contributed by atoms with Crippen LogP contribution in [0.15, 0.2) is 11.2 Å². The molecule has 0 bridgehead atoms. The van der Waals surface area contributed by atoms with Crippen molar-refractivity contribution in [1.29, 1.82) is 0 Å². The molecule has 0 aromatic carbocycles. The maximum absolute atomic E-state index is 4.48. The van der Waals surface area contributed by atoms with Crippen LogP contribution in [0.2, 0.25) is 0 Å². The first-order valence-corrected chi connectivity index (χ1v) is 6.74. The summed E-state index contributed by atoms with van der Waals surface area (Å²) in [6, 6.07) is 2.12. The van der Waals surface area contributed by atoms with Gasteiger partial charge in [-0.3, -0.25) is 10.1 Å². The number of rotatable bonds is 6. The Morgan fingerprint density at radius 3 is 2.61 bits per heavy atom. The van der Waals surface area contributed by atoms with Gasteiger partial charge in [0, 0.05) is 29.9 Å². The molecular formula is C14H26N4. The molecule has 1 aromatic rings. The zero-order chi connectivity index (χ0) is 13.8. The second-order valence-electron chi connectivity index (χ2n) is 5.37. The van der Waals surface area contributed by atoms with Crippen LogP contribution >= 0.6 is 0 Å². The second-order valence-corrected chi connectivity index (χ2v) is 5.37. The summed E-state index contributed by atoms with van der Waals surface area (Å²) in [5.74, 6) is 0.824. The van der Waals surface area contributed by atoms with Crippen LogP contribution in [-0.2, 0) is 12.5 Å². The molecule has 1 heterocycles. The topological polar surface area (TPSA) is 42.2 Å². The van der Waals surface area contributed by atoms with E-state index in [1.807, 2.05) is 25.6 Å². The molecule has 1 atom stereocenters. The lowest BCUT2D eigenvalue weighted by Gasteiger charge is -2.27. The van der Waals surface area contributed by atoms with Gasteiger partial charge in [0.15, 0.2) is 5.82 Å². The van der Waals surface area contributed by atoms with E-state index in [0.717, 1.165) is 18.0 Å². The number of hydrogen-bond donors (Lipinski definition) is 1. The first kappa shape index (κ1) is 14.7. The standard InChI is InChI=1S/C14H26N4/c1-7-9-14(5,8-2)12-10-13(17-18(12)6)16-15-11(3)4/h10H,7-9H2,1-6H3,(H,16,17). The maximum atomic E-state index is 4.48. The summed E-state index contributed by atoms with van der Waals surface area (Å²) in [6.45, 7) is 10.7. The van der Waals surface area contributed by atoms with Crippen molar-refractivity contribution in [2.45, 2.75) is 59.3 Å². The lowest BCUT2D eigenvalue weighted by atomic mass is 9.80. The fourth-order valence-electron chi connectivity index (χ4n) is 2.29. The van der Waals surface area contributed by atoms with Crippen LogP contribution in [0, 0.1) is 0 Å². The number of nitrogens with one attached hydrogen (secondary N) is 1. The molecule has 18 heavy (non-hydrogen) atoms. The van der Waals surface area contributed by atoms with E-state index >= 15 is 0 Å². The molecule has 0 saturated carbocycles. The lowest BCUT2D eigenvalue weighted by Crippen LogP contribution is -2.24. The van der Waals surface area contributed by atoms with Crippen LogP contribution in [0.4, 0.5) is 5.82 Å². The third kappa shape index (κ3) is 3.34. The lowest BCUT2D eigenvalue weighted by molar-refractivity contribution is 0.384. The molecule has 0 saturated heterocycles. The molecule has 4 nitrogen and oxygen atoms in total. The predicted molar refractivity (Wildman–Crippen MR) is 78.2 cm³/mol. The molecule has 0 aliphatic heterocycles. The quantitative estimate of drug-likeness (QED) is 0.618. The molecule has 0 aliphatic rings. The van der Waals surface area contributed by atoms with Gasteiger partial charge in [0.1, 0.15) is 0 Å². The Balaban J connectivity index is 2.99. The minimum atomic E-state index is 0.196. The summed E-state index contributed by atoms with van der Waals surface area (Å²) in [5, 5.41) is 8.67. The van der Waals surface area contributed by atoms with E-state index in [-0.39, 0.29) is 5.41 Å². The third-order valence-corrected chi connectivity index (χ3v) is 3.47. The van der Waals surface area contributed by atoms with E-state index in [0.29, 0.717) is 0 Å². The highest BCUT2D eigenvalue weighted by Gasteiger charge is 2.27. The van der Waals surface area contributed by atoms with Gasteiger partial charge in [-0.2, -0.15) is 10.2 Å². The van der Waals surface area contributed by atoms with Gasteiger partial charge in [-0.05, 0) is 26.7 Å². The summed E-state index contributed by atoms with van der Waals surface area (Å²) in [7, 11) is 2.01. The van der Waals surface area contributed by atoms with Gasteiger partial charge in [0.05, 0.1) is 0 Å². The molecule has 0 aliphatic carbocycles. The fourth-order valence-corrected chi connectivity index (χ4v) is 2.29. The van der Waals surface area contributed by atoms with Crippen LogP contribution in [-0.4, -0.2) is 15.5 Å². The Hall–Kier alpha value is -1.32. The summed E-state index contributed by atoms with van der Waals surface area (Å²) in [4.78, 5) is 0. The van der Waals surface area contributed by atoms with Crippen molar-refractivity contribution in [3.8, 4) is 0 Å². The Morgan fingerprint density at radius 1 is 1.44 bits per heavy atom. The molecule has 0 radical (unpaired) electrons. The van der Waals surface area contributed by atoms with Crippen LogP contribution in [0.1, 0.15) is 59.6 Å². The maximum Gasteiger partial charge on any atom is 0.168 e. The summed E-state index contributed by atoms with van der Waals surface area (Å²) < 4.78 is 1.97. The molecule has 4 heteroatoms. The molecule has 1 unspecified atom stereocenters. The molecule has 0 amide bonds. The van der Waals surface area contributed by atoms with Crippen molar-refractivity contribution >= 4 is 11.5 Å². The summed E-state index contributed by atoms with van der Waals surface area (Å²) >= 11 is 0. The largest absolute Gasteiger partial charge is 0.270 e. The van der Waals surface area contributed by atoms with Crippen LogP contribution in [0.25, 0.3) is 0 Å². The van der Waals surface area contributed by atoms with Crippen molar-refractivity contribution in [3.05, 3.63) is 11.8 Å². The number of hydrazone groups is 1. The van der Waals surface area contributed by atoms with Gasteiger partial charge in [-0.25, -0.2) is 0 Å². The smallest absolute Gasteiger partial charge is 0.168 e. The van der Waals surface area contributed by atoms with E-state index < -0.39 is 0 Å². The Morgan fingerprint density at radius 2 is 2.11 bits per heavy atom. The van der Waals surface area contributed by atoms with Crippen LogP contribution in [0.3, 0.4) is 0 Å². The molecule has 0 fully saturated rings. The van der Waals surface area contributed by atoms with Gasteiger partial charge >= 0.3 is 0 Å². The second kappa shape index (κ2) is 6.03. The van der Waals surface area contributed by atoms with Crippen molar-refractivity contribution in [2.75, 3.05) is 5.43 Å². The van der Waals surface area contributed by atoms with Gasteiger partial charge in [0.2, 0.25) is 0 Å². The molecule has 1 aromatic heterocycles. The highest BCUT2D eigenvalue weighted by Crippen LogP contribution is 2.33. The highest BCUT2D eigenvalue weighted by atomic mass is 15.4. The fraction of sp³-hybridized carbons (Fsp3) is 0.714. The minimum Gasteiger partial charge on any atom is -0.270 e. The zero-order valence-corrected chi connectivity index (χ0v) is 12.5. The van der Waals surface area contributed by atoms with Gasteiger partial charge < -0.3 is 0 Å². The SMILES string of the molecule is CCCC(C)(CC)c1cc(NN=C(C)C)nn1C. The van der Waals surface area contributed by atoms with Crippen LogP contribution < -0.4 is 5.43 Å². The highest BCUT2D eigenvalue weighted by molar-refractivity contribution is 5.79. The minimum absolute atomic E-state index is 0.196. The van der Waals surface area contributed by atoms with E-state index in [4.69, 9.17) is 0 Å². The molecule has 1 N–H and O–H groups in total. The van der Waals surface area contributed by atoms with Crippen molar-refractivity contribution in [2.24, 2.45) is 12.1 Å².